The molecule has 0 aliphatic heterocycles. The van der Waals surface area contributed by atoms with Crippen LogP contribution in [0.4, 0.5) is 10.3 Å². The summed E-state index contributed by atoms with van der Waals surface area (Å²) in [5, 5.41) is 0.0979. The van der Waals surface area contributed by atoms with Crippen LogP contribution < -0.4 is 5.73 Å². The summed E-state index contributed by atoms with van der Waals surface area (Å²) in [7, 11) is 0. The van der Waals surface area contributed by atoms with Crippen LogP contribution in [0.5, 0.6) is 0 Å². The number of halogens is 2. The van der Waals surface area contributed by atoms with Gasteiger partial charge in [-0.15, -0.1) is 0 Å². The number of fused-ring (bicyclic) bond motifs is 1. The van der Waals surface area contributed by atoms with E-state index in [0.717, 1.165) is 17.7 Å². The van der Waals surface area contributed by atoms with E-state index in [9.17, 15) is 4.39 Å². The highest BCUT2D eigenvalue weighted by Gasteiger charge is 2.15. The van der Waals surface area contributed by atoms with Crippen molar-refractivity contribution in [1.29, 1.82) is 0 Å². The van der Waals surface area contributed by atoms with Crippen molar-refractivity contribution in [1.82, 2.24) is 9.55 Å². The molecule has 0 saturated heterocycles. The predicted octanol–water partition coefficient (Wildman–Crippen LogP) is 3.73. The lowest BCUT2D eigenvalue weighted by Gasteiger charge is -2.15. The van der Waals surface area contributed by atoms with Crippen LogP contribution in [-0.2, 0) is 0 Å². The highest BCUT2D eigenvalue weighted by Crippen LogP contribution is 2.29. The van der Waals surface area contributed by atoms with E-state index in [0.29, 0.717) is 11.5 Å². The Bertz CT molecular complexity index is 570. The molecule has 6 heteroatoms. The van der Waals surface area contributed by atoms with Crippen LogP contribution in [0.1, 0.15) is 19.4 Å². The first-order valence-corrected chi connectivity index (χ1v) is 7.43. The van der Waals surface area contributed by atoms with Gasteiger partial charge in [-0.3, -0.25) is 0 Å². The molecule has 98 valence electrons. The first kappa shape index (κ1) is 13.5. The maximum atomic E-state index is 13.4. The third-order valence-electron chi connectivity index (χ3n) is 2.94. The van der Waals surface area contributed by atoms with Crippen LogP contribution in [0, 0.1) is 5.82 Å². The summed E-state index contributed by atoms with van der Waals surface area (Å²) < 4.78 is 15.3. The van der Waals surface area contributed by atoms with Gasteiger partial charge in [0.15, 0.2) is 0 Å². The first-order chi connectivity index (χ1) is 8.54. The SMILES string of the molecule is CSCCC(C)n1c(N)nc2cc(F)c(Cl)cc21. The van der Waals surface area contributed by atoms with Gasteiger partial charge in [0.05, 0.1) is 16.1 Å². The molecule has 1 heterocycles. The predicted molar refractivity (Wildman–Crippen MR) is 76.8 cm³/mol. The van der Waals surface area contributed by atoms with Gasteiger partial charge in [-0.05, 0) is 31.4 Å². The van der Waals surface area contributed by atoms with Crippen LogP contribution in [0.15, 0.2) is 12.1 Å². The van der Waals surface area contributed by atoms with Gasteiger partial charge >= 0.3 is 0 Å². The Kier molecular flexibility index (Phi) is 4.02. The molecule has 0 fully saturated rings. The van der Waals surface area contributed by atoms with Gasteiger partial charge in [-0.2, -0.15) is 11.8 Å². The van der Waals surface area contributed by atoms with Gasteiger partial charge in [-0.25, -0.2) is 9.37 Å². The number of nitrogens with zero attached hydrogens (tertiary/aromatic N) is 2. The van der Waals surface area contributed by atoms with E-state index in [4.69, 9.17) is 17.3 Å². The third-order valence-corrected chi connectivity index (χ3v) is 3.87. The maximum Gasteiger partial charge on any atom is 0.201 e. The summed E-state index contributed by atoms with van der Waals surface area (Å²) in [6, 6.07) is 3.13. The Balaban J connectivity index is 2.49. The number of nitrogen functional groups attached to an aromatic ring is 1. The van der Waals surface area contributed by atoms with Crippen molar-refractivity contribution < 1.29 is 4.39 Å². The van der Waals surface area contributed by atoms with Crippen molar-refractivity contribution in [2.75, 3.05) is 17.7 Å². The zero-order valence-corrected chi connectivity index (χ0v) is 11.9. The molecule has 3 nitrogen and oxygen atoms in total. The molecule has 0 bridgehead atoms. The summed E-state index contributed by atoms with van der Waals surface area (Å²) in [6.45, 7) is 2.07. The molecule has 2 N–H and O–H groups in total. The minimum atomic E-state index is -0.467. The van der Waals surface area contributed by atoms with E-state index < -0.39 is 5.82 Å². The lowest BCUT2D eigenvalue weighted by molar-refractivity contribution is 0.556. The van der Waals surface area contributed by atoms with Crippen molar-refractivity contribution in [2.45, 2.75) is 19.4 Å². The number of thioether (sulfide) groups is 1. The summed E-state index contributed by atoms with van der Waals surface area (Å²) in [6.07, 6.45) is 3.04. The monoisotopic (exact) mass is 287 g/mol. The third kappa shape index (κ3) is 2.42. The topological polar surface area (TPSA) is 43.8 Å². The Morgan fingerprint density at radius 2 is 2.28 bits per heavy atom. The summed E-state index contributed by atoms with van der Waals surface area (Å²) in [4.78, 5) is 4.18. The van der Waals surface area contributed by atoms with Crippen molar-refractivity contribution in [3.8, 4) is 0 Å². The normalized spacial score (nSPS) is 13.1. The van der Waals surface area contributed by atoms with Crippen molar-refractivity contribution in [3.05, 3.63) is 23.0 Å². The second-order valence-electron chi connectivity index (χ2n) is 4.23. The minimum Gasteiger partial charge on any atom is -0.369 e. The largest absolute Gasteiger partial charge is 0.369 e. The molecule has 1 unspecified atom stereocenters. The molecule has 0 aliphatic carbocycles. The smallest absolute Gasteiger partial charge is 0.201 e. The van der Waals surface area contributed by atoms with Crippen molar-refractivity contribution >= 4 is 40.3 Å². The summed E-state index contributed by atoms with van der Waals surface area (Å²) in [5.41, 5.74) is 7.24. The molecule has 18 heavy (non-hydrogen) atoms. The second-order valence-corrected chi connectivity index (χ2v) is 5.62. The summed E-state index contributed by atoms with van der Waals surface area (Å²) in [5.74, 6) is 0.973. The summed E-state index contributed by atoms with van der Waals surface area (Å²) >= 11 is 7.60. The van der Waals surface area contributed by atoms with Gasteiger partial charge in [0, 0.05) is 12.1 Å². The number of anilines is 1. The van der Waals surface area contributed by atoms with Gasteiger partial charge < -0.3 is 10.3 Å². The van der Waals surface area contributed by atoms with E-state index in [1.54, 1.807) is 17.8 Å². The Hall–Kier alpha value is -0.940. The second kappa shape index (κ2) is 5.36. The van der Waals surface area contributed by atoms with Gasteiger partial charge in [-0.1, -0.05) is 11.6 Å². The number of nitrogens with two attached hydrogens (primary N) is 1. The first-order valence-electron chi connectivity index (χ1n) is 5.66. The van der Waals surface area contributed by atoms with Crippen LogP contribution >= 0.6 is 23.4 Å². The van der Waals surface area contributed by atoms with Crippen LogP contribution in [0.25, 0.3) is 11.0 Å². The van der Waals surface area contributed by atoms with Crippen molar-refractivity contribution in [3.63, 3.8) is 0 Å². The Morgan fingerprint density at radius 3 is 2.94 bits per heavy atom. The molecule has 0 spiro atoms. The highest BCUT2D eigenvalue weighted by atomic mass is 35.5. The lowest BCUT2D eigenvalue weighted by Crippen LogP contribution is -2.09. The van der Waals surface area contributed by atoms with E-state index in [1.165, 1.54) is 6.07 Å². The van der Waals surface area contributed by atoms with Gasteiger partial charge in [0.1, 0.15) is 5.82 Å². The molecule has 0 saturated carbocycles. The fraction of sp³-hybridized carbons (Fsp3) is 0.417. The van der Waals surface area contributed by atoms with E-state index in [2.05, 4.69) is 18.2 Å². The van der Waals surface area contributed by atoms with E-state index in [1.807, 2.05) is 4.57 Å². The average molecular weight is 288 g/mol. The molecule has 0 amide bonds. The van der Waals surface area contributed by atoms with Crippen LogP contribution in [0.2, 0.25) is 5.02 Å². The minimum absolute atomic E-state index is 0.0979. The Morgan fingerprint density at radius 1 is 1.56 bits per heavy atom. The molecule has 0 aliphatic rings. The molecule has 0 radical (unpaired) electrons. The fourth-order valence-electron chi connectivity index (χ4n) is 1.99. The molecule has 1 aromatic heterocycles. The van der Waals surface area contributed by atoms with E-state index in [-0.39, 0.29) is 11.1 Å². The number of rotatable bonds is 4. The molecular formula is C12H15ClFN3S. The zero-order valence-electron chi connectivity index (χ0n) is 10.3. The number of benzene rings is 1. The number of aromatic nitrogens is 2. The van der Waals surface area contributed by atoms with Gasteiger partial charge in [0.25, 0.3) is 0 Å². The lowest BCUT2D eigenvalue weighted by atomic mass is 10.2. The molecule has 1 aromatic carbocycles. The average Bonchev–Trinajstić information content (AvgIpc) is 2.62. The number of hydrogen-bond acceptors (Lipinski definition) is 3. The van der Waals surface area contributed by atoms with Crippen molar-refractivity contribution in [2.24, 2.45) is 0 Å². The fourth-order valence-corrected chi connectivity index (χ4v) is 2.72. The molecule has 2 aromatic rings. The quantitative estimate of drug-likeness (QED) is 0.932. The van der Waals surface area contributed by atoms with E-state index >= 15 is 0 Å². The molecule has 1 atom stereocenters. The zero-order chi connectivity index (χ0) is 13.3. The number of hydrogen-bond donors (Lipinski definition) is 1. The standard InChI is InChI=1S/C12H15ClFN3S/c1-7(3-4-18-2)17-11-5-8(13)9(14)6-10(11)16-12(17)15/h5-7H,3-4H2,1-2H3,(H2,15,16). The molecular weight excluding hydrogens is 273 g/mol. The Labute approximate surface area is 115 Å². The van der Waals surface area contributed by atoms with Gasteiger partial charge in [0.2, 0.25) is 5.95 Å². The maximum absolute atomic E-state index is 13.4. The number of imidazole rings is 1. The highest BCUT2D eigenvalue weighted by molar-refractivity contribution is 7.98. The van der Waals surface area contributed by atoms with Crippen LogP contribution in [-0.4, -0.2) is 21.6 Å². The van der Waals surface area contributed by atoms with Crippen LogP contribution in [0.3, 0.4) is 0 Å². The molecule has 2 rings (SSSR count).